The number of hydrogen-bond donors (Lipinski definition) is 2. The highest BCUT2D eigenvalue weighted by Crippen LogP contribution is 2.44. The highest BCUT2D eigenvalue weighted by molar-refractivity contribution is 6.07. The first-order chi connectivity index (χ1) is 21.9. The Labute approximate surface area is 265 Å². The van der Waals surface area contributed by atoms with E-state index in [1.807, 2.05) is 37.4 Å². The molecule has 3 fully saturated rings. The van der Waals surface area contributed by atoms with E-state index in [2.05, 4.69) is 49.8 Å². The molecular weight excluding hydrogens is 595 g/mol. The number of nitrogens with one attached hydrogen (secondary N) is 2. The number of carbonyl (C=O) groups excluding carboxylic acids is 2. The number of nitrogens with zero attached hydrogens (tertiary/aromatic N) is 3. The number of carbonyl (C=O) groups is 2. The van der Waals surface area contributed by atoms with Gasteiger partial charge in [0, 0.05) is 86.1 Å². The number of rotatable bonds is 4. The van der Waals surface area contributed by atoms with Crippen LogP contribution in [0.1, 0.15) is 59.7 Å². The lowest BCUT2D eigenvalue weighted by atomic mass is 9.68. The Kier molecular flexibility index (Phi) is 8.42. The number of hydrogen-bond acceptors (Lipinski definition) is 6. The minimum atomic E-state index is -4.88. The van der Waals surface area contributed by atoms with Crippen LogP contribution in [-0.2, 0) is 11.0 Å². The number of pyridine rings is 1. The molecule has 1 atom stereocenters. The molecule has 8 nitrogen and oxygen atoms in total. The van der Waals surface area contributed by atoms with Crippen molar-refractivity contribution in [2.75, 3.05) is 54.9 Å². The quantitative estimate of drug-likeness (QED) is 0.388. The second-order valence-electron chi connectivity index (χ2n) is 12.8. The number of benzene rings is 2. The Balaban J connectivity index is 1.26. The van der Waals surface area contributed by atoms with Gasteiger partial charge in [-0.25, -0.2) is 0 Å². The van der Waals surface area contributed by atoms with E-state index in [1.165, 1.54) is 0 Å². The van der Waals surface area contributed by atoms with Crippen LogP contribution in [0.4, 0.5) is 30.2 Å². The summed E-state index contributed by atoms with van der Waals surface area (Å²) in [5.41, 5.74) is 0.778. The van der Waals surface area contributed by atoms with Gasteiger partial charge in [0.05, 0.1) is 22.5 Å². The molecule has 46 heavy (non-hydrogen) atoms. The summed E-state index contributed by atoms with van der Waals surface area (Å²) >= 11 is 0. The van der Waals surface area contributed by atoms with Gasteiger partial charge in [0.15, 0.2) is 0 Å². The molecule has 1 aromatic heterocycles. The number of piperazine rings is 1. The minimum Gasteiger partial charge on any atom is -0.370 e. The smallest absolute Gasteiger partial charge is 0.370 e. The number of aromatic amines is 1. The molecule has 0 bridgehead atoms. The van der Waals surface area contributed by atoms with E-state index < -0.39 is 28.8 Å². The van der Waals surface area contributed by atoms with Crippen molar-refractivity contribution in [3.05, 3.63) is 87.3 Å². The monoisotopic (exact) mass is 631 g/mol. The number of amides is 1. The fourth-order valence-corrected chi connectivity index (χ4v) is 6.59. The number of aromatic nitrogens is 1. The van der Waals surface area contributed by atoms with E-state index in [9.17, 15) is 27.6 Å². The number of halogens is 3. The maximum atomic E-state index is 13.7. The first kappa shape index (κ1) is 31.4. The Morgan fingerprint density at radius 2 is 1.70 bits per heavy atom. The molecule has 1 saturated carbocycles. The summed E-state index contributed by atoms with van der Waals surface area (Å²) in [5, 5.41) is 2.68. The van der Waals surface area contributed by atoms with Gasteiger partial charge in [-0.2, -0.15) is 13.2 Å². The van der Waals surface area contributed by atoms with Crippen molar-refractivity contribution < 1.29 is 22.8 Å². The van der Waals surface area contributed by atoms with Crippen LogP contribution in [0.5, 0.6) is 0 Å². The Morgan fingerprint density at radius 1 is 0.978 bits per heavy atom. The first-order valence-electron chi connectivity index (χ1n) is 15.5. The molecule has 2 N–H and O–H groups in total. The van der Waals surface area contributed by atoms with Crippen molar-refractivity contribution >= 4 is 28.8 Å². The third-order valence-electron chi connectivity index (χ3n) is 9.50. The number of likely N-dealkylation sites (N-methyl/N-ethyl adjacent to an activating group) is 1. The third kappa shape index (κ3) is 6.67. The predicted octanol–water partition coefficient (Wildman–Crippen LogP) is 5.14. The number of Topliss-reactive ketones (excluding diaryl/α,β-unsaturated/α-hetero) is 1. The third-order valence-corrected chi connectivity index (χ3v) is 9.50. The summed E-state index contributed by atoms with van der Waals surface area (Å²) in [6.45, 7) is 6.06. The van der Waals surface area contributed by atoms with Crippen molar-refractivity contribution in [3.8, 4) is 11.8 Å². The van der Waals surface area contributed by atoms with Gasteiger partial charge in [-0.1, -0.05) is 17.9 Å². The van der Waals surface area contributed by atoms with Crippen LogP contribution in [-0.4, -0.2) is 67.4 Å². The highest BCUT2D eigenvalue weighted by Gasteiger charge is 2.45. The molecule has 3 heterocycles. The van der Waals surface area contributed by atoms with Gasteiger partial charge >= 0.3 is 6.18 Å². The van der Waals surface area contributed by atoms with Gasteiger partial charge in [-0.05, 0) is 63.2 Å². The van der Waals surface area contributed by atoms with Crippen molar-refractivity contribution in [2.24, 2.45) is 5.41 Å². The van der Waals surface area contributed by atoms with Gasteiger partial charge in [-0.15, -0.1) is 0 Å². The average molecular weight is 632 g/mol. The standard InChI is InChI=1S/C35H36F3N5O3/c1-23-20-42(15-14-41(23)2)31-9-8-25(17-30(31)40-33(46)28-19-39-32(45)18-29(28)35(36,37)38)7-6-24-4-3-5-26(16-24)43-21-34(22-43)12-10-27(44)11-13-34/h3-5,8-9,16-19,23H,10-15,20-22H2,1-2H3,(H,39,45)(H,40,46)/t23-/m0/s1. The lowest BCUT2D eigenvalue weighted by molar-refractivity contribution is -0.138. The molecule has 2 aliphatic heterocycles. The summed E-state index contributed by atoms with van der Waals surface area (Å²) in [4.78, 5) is 45.4. The lowest BCUT2D eigenvalue weighted by Gasteiger charge is -2.53. The van der Waals surface area contributed by atoms with Crippen molar-refractivity contribution in [1.82, 2.24) is 9.88 Å². The predicted molar refractivity (Wildman–Crippen MR) is 171 cm³/mol. The van der Waals surface area contributed by atoms with Crippen LogP contribution in [0.3, 0.4) is 0 Å². The van der Waals surface area contributed by atoms with Gasteiger partial charge < -0.3 is 25.0 Å². The molecule has 6 rings (SSSR count). The highest BCUT2D eigenvalue weighted by atomic mass is 19.4. The van der Waals surface area contributed by atoms with E-state index in [1.54, 1.807) is 6.07 Å². The SMILES string of the molecule is C[C@H]1CN(c2ccc(C#Cc3cccc(N4CC5(CCC(=O)CC5)C4)c3)cc2NC(=O)c2c[nH]c(=O)cc2C(F)(F)F)CCN1C. The number of ketones is 1. The van der Waals surface area contributed by atoms with E-state index in [-0.39, 0.29) is 11.5 Å². The van der Waals surface area contributed by atoms with E-state index in [0.29, 0.717) is 54.7 Å². The van der Waals surface area contributed by atoms with Gasteiger partial charge in [0.1, 0.15) is 5.78 Å². The summed E-state index contributed by atoms with van der Waals surface area (Å²) in [6.07, 6.45) is -0.856. The summed E-state index contributed by atoms with van der Waals surface area (Å²) in [6, 6.07) is 13.9. The maximum Gasteiger partial charge on any atom is 0.417 e. The Bertz CT molecular complexity index is 1770. The molecule has 11 heteroatoms. The minimum absolute atomic E-state index is 0.224. The number of anilines is 3. The van der Waals surface area contributed by atoms with E-state index >= 15 is 0 Å². The van der Waals surface area contributed by atoms with Crippen LogP contribution < -0.4 is 20.7 Å². The lowest BCUT2D eigenvalue weighted by Crippen LogP contribution is -2.57. The molecule has 240 valence electrons. The summed E-state index contributed by atoms with van der Waals surface area (Å²) in [5.74, 6) is 5.73. The number of H-pyrrole nitrogens is 1. The molecule has 2 aromatic carbocycles. The summed E-state index contributed by atoms with van der Waals surface area (Å²) in [7, 11) is 2.03. The molecule has 1 aliphatic carbocycles. The fourth-order valence-electron chi connectivity index (χ4n) is 6.59. The topological polar surface area (TPSA) is 88.7 Å². The van der Waals surface area contributed by atoms with Crippen LogP contribution in [0.2, 0.25) is 0 Å². The first-order valence-corrected chi connectivity index (χ1v) is 15.5. The van der Waals surface area contributed by atoms with E-state index in [4.69, 9.17) is 0 Å². The molecule has 1 spiro atoms. The van der Waals surface area contributed by atoms with Crippen LogP contribution >= 0.6 is 0 Å². The Morgan fingerprint density at radius 3 is 2.39 bits per heavy atom. The molecule has 1 amide bonds. The second kappa shape index (κ2) is 12.3. The van der Waals surface area contributed by atoms with Gasteiger partial charge in [0.25, 0.3) is 5.91 Å². The molecule has 0 unspecified atom stereocenters. The number of alkyl halides is 3. The van der Waals surface area contributed by atoms with E-state index in [0.717, 1.165) is 49.9 Å². The zero-order chi connectivity index (χ0) is 32.6. The molecular formula is C35H36F3N5O3. The summed E-state index contributed by atoms with van der Waals surface area (Å²) < 4.78 is 41.2. The van der Waals surface area contributed by atoms with Crippen molar-refractivity contribution in [2.45, 2.75) is 44.8 Å². The van der Waals surface area contributed by atoms with Gasteiger partial charge in [0.2, 0.25) is 5.56 Å². The van der Waals surface area contributed by atoms with Crippen LogP contribution in [0.25, 0.3) is 0 Å². The second-order valence-corrected chi connectivity index (χ2v) is 12.8. The fraction of sp³-hybridized carbons (Fsp3) is 0.400. The van der Waals surface area contributed by atoms with Crippen LogP contribution in [0.15, 0.2) is 59.5 Å². The Hall–Kier alpha value is -4.56. The molecule has 3 aromatic rings. The van der Waals surface area contributed by atoms with Crippen molar-refractivity contribution in [3.63, 3.8) is 0 Å². The maximum absolute atomic E-state index is 13.7. The average Bonchev–Trinajstić information content (AvgIpc) is 3.00. The zero-order valence-electron chi connectivity index (χ0n) is 25.8. The van der Waals surface area contributed by atoms with Crippen molar-refractivity contribution in [1.29, 1.82) is 0 Å². The zero-order valence-corrected chi connectivity index (χ0v) is 25.8. The van der Waals surface area contributed by atoms with Gasteiger partial charge in [-0.3, -0.25) is 14.4 Å². The molecule has 2 saturated heterocycles. The van der Waals surface area contributed by atoms with Crippen LogP contribution in [0, 0.1) is 17.3 Å². The normalized spacial score (nSPS) is 19.8. The molecule has 0 radical (unpaired) electrons. The molecule has 3 aliphatic rings. The largest absolute Gasteiger partial charge is 0.417 e.